The van der Waals surface area contributed by atoms with E-state index in [0.29, 0.717) is 13.1 Å². The topological polar surface area (TPSA) is 48.5 Å². The molecule has 29 heavy (non-hydrogen) atoms. The molecule has 1 saturated heterocycles. The molecule has 0 spiro atoms. The molecule has 2 aromatic carbocycles. The first kappa shape index (κ1) is 19.3. The van der Waals surface area contributed by atoms with Gasteiger partial charge in [-0.15, -0.1) is 0 Å². The quantitative estimate of drug-likeness (QED) is 0.706. The second-order valence-electron chi connectivity index (χ2n) is 7.28. The third kappa shape index (κ3) is 4.88. The van der Waals surface area contributed by atoms with Gasteiger partial charge in [0.25, 0.3) is 0 Å². The molecule has 5 nitrogen and oxygen atoms in total. The molecule has 2 heterocycles. The number of carbonyl (C=O) groups is 1. The Morgan fingerprint density at radius 2 is 1.79 bits per heavy atom. The second-order valence-corrected chi connectivity index (χ2v) is 7.28. The normalized spacial score (nSPS) is 17.0. The van der Waals surface area contributed by atoms with Crippen LogP contribution in [0.5, 0.6) is 0 Å². The Kier molecular flexibility index (Phi) is 6.29. The molecule has 1 atom stereocenters. The first-order chi connectivity index (χ1) is 14.3. The molecule has 0 radical (unpaired) electrons. The lowest BCUT2D eigenvalue weighted by atomic mass is 10.1. The van der Waals surface area contributed by atoms with E-state index in [0.717, 1.165) is 36.4 Å². The van der Waals surface area contributed by atoms with Crippen molar-refractivity contribution in [1.29, 1.82) is 0 Å². The van der Waals surface area contributed by atoms with Crippen LogP contribution >= 0.6 is 0 Å². The first-order valence-electron chi connectivity index (χ1n) is 10.1. The lowest BCUT2D eigenvalue weighted by Crippen LogP contribution is -2.50. The van der Waals surface area contributed by atoms with E-state index in [4.69, 9.17) is 0 Å². The molecule has 1 unspecified atom stereocenters. The standard InChI is InChI=1S/C24H26N4O/c29-24(19-27-15-14-26-17-23(27)21-10-7-13-25-16-21)28(22-11-5-2-6-12-22)18-20-8-3-1-4-9-20/h1-13,16,23,26H,14-15,17-19H2. The maximum Gasteiger partial charge on any atom is 0.241 e. The Labute approximate surface area is 172 Å². The van der Waals surface area contributed by atoms with Crippen molar-refractivity contribution in [3.8, 4) is 0 Å². The first-order valence-corrected chi connectivity index (χ1v) is 10.1. The number of rotatable bonds is 6. The fraction of sp³-hybridized carbons (Fsp3) is 0.250. The molecule has 4 rings (SSSR count). The number of anilines is 1. The van der Waals surface area contributed by atoms with Gasteiger partial charge < -0.3 is 10.2 Å². The molecule has 0 saturated carbocycles. The molecule has 1 fully saturated rings. The molecule has 1 amide bonds. The van der Waals surface area contributed by atoms with E-state index in [1.807, 2.05) is 65.7 Å². The highest BCUT2D eigenvalue weighted by Gasteiger charge is 2.28. The summed E-state index contributed by atoms with van der Waals surface area (Å²) < 4.78 is 0. The predicted molar refractivity (Wildman–Crippen MR) is 115 cm³/mol. The molecule has 1 aromatic heterocycles. The highest BCUT2D eigenvalue weighted by atomic mass is 16.2. The lowest BCUT2D eigenvalue weighted by Gasteiger charge is -2.37. The summed E-state index contributed by atoms with van der Waals surface area (Å²) in [7, 11) is 0. The number of amides is 1. The van der Waals surface area contributed by atoms with E-state index < -0.39 is 0 Å². The molecule has 5 heteroatoms. The van der Waals surface area contributed by atoms with Gasteiger partial charge >= 0.3 is 0 Å². The van der Waals surface area contributed by atoms with Crippen LogP contribution in [0.15, 0.2) is 85.2 Å². The van der Waals surface area contributed by atoms with Crippen LogP contribution in [0.4, 0.5) is 5.69 Å². The maximum atomic E-state index is 13.4. The largest absolute Gasteiger partial charge is 0.314 e. The zero-order chi connectivity index (χ0) is 19.9. The zero-order valence-corrected chi connectivity index (χ0v) is 16.4. The van der Waals surface area contributed by atoms with Gasteiger partial charge in [0.15, 0.2) is 0 Å². The zero-order valence-electron chi connectivity index (χ0n) is 16.4. The predicted octanol–water partition coefficient (Wildman–Crippen LogP) is 3.26. The lowest BCUT2D eigenvalue weighted by molar-refractivity contribution is -0.120. The Morgan fingerprint density at radius 1 is 1.03 bits per heavy atom. The molecule has 1 aliphatic heterocycles. The van der Waals surface area contributed by atoms with Crippen LogP contribution < -0.4 is 10.2 Å². The summed E-state index contributed by atoms with van der Waals surface area (Å²) >= 11 is 0. The second kappa shape index (κ2) is 9.45. The molecule has 3 aromatic rings. The number of para-hydroxylation sites is 1. The van der Waals surface area contributed by atoms with Crippen molar-refractivity contribution in [2.75, 3.05) is 31.1 Å². The van der Waals surface area contributed by atoms with Crippen LogP contribution in [0.3, 0.4) is 0 Å². The summed E-state index contributed by atoms with van der Waals surface area (Å²) in [6.07, 6.45) is 3.68. The van der Waals surface area contributed by atoms with E-state index in [9.17, 15) is 4.79 Å². The van der Waals surface area contributed by atoms with E-state index >= 15 is 0 Å². The Hall–Kier alpha value is -3.02. The molecular formula is C24H26N4O. The van der Waals surface area contributed by atoms with Gasteiger partial charge in [0.2, 0.25) is 5.91 Å². The molecular weight excluding hydrogens is 360 g/mol. The number of carbonyl (C=O) groups excluding carboxylic acids is 1. The highest BCUT2D eigenvalue weighted by Crippen LogP contribution is 2.23. The van der Waals surface area contributed by atoms with Crippen LogP contribution in [0.25, 0.3) is 0 Å². The third-order valence-electron chi connectivity index (χ3n) is 5.31. The van der Waals surface area contributed by atoms with E-state index in [2.05, 4.69) is 33.4 Å². The van der Waals surface area contributed by atoms with Gasteiger partial charge in [0.1, 0.15) is 0 Å². The minimum absolute atomic E-state index is 0.107. The van der Waals surface area contributed by atoms with Gasteiger partial charge in [-0.05, 0) is 29.3 Å². The number of benzene rings is 2. The number of hydrogen-bond acceptors (Lipinski definition) is 4. The summed E-state index contributed by atoms with van der Waals surface area (Å²) in [6.45, 7) is 3.48. The summed E-state index contributed by atoms with van der Waals surface area (Å²) in [6, 6.07) is 24.3. The molecule has 148 valence electrons. The van der Waals surface area contributed by atoms with Crippen LogP contribution in [0.2, 0.25) is 0 Å². The van der Waals surface area contributed by atoms with E-state index in [1.54, 1.807) is 6.20 Å². The van der Waals surface area contributed by atoms with Crippen LogP contribution in [-0.2, 0) is 11.3 Å². The number of hydrogen-bond donors (Lipinski definition) is 1. The van der Waals surface area contributed by atoms with Gasteiger partial charge in [0.05, 0.1) is 13.1 Å². The van der Waals surface area contributed by atoms with Gasteiger partial charge in [-0.1, -0.05) is 54.6 Å². The number of nitrogens with zero attached hydrogens (tertiary/aromatic N) is 3. The minimum Gasteiger partial charge on any atom is -0.314 e. The minimum atomic E-state index is 0.107. The van der Waals surface area contributed by atoms with Crippen molar-refractivity contribution in [3.63, 3.8) is 0 Å². The van der Waals surface area contributed by atoms with Crippen LogP contribution in [0.1, 0.15) is 17.2 Å². The third-order valence-corrected chi connectivity index (χ3v) is 5.31. The summed E-state index contributed by atoms with van der Waals surface area (Å²) in [5, 5.41) is 3.44. The smallest absolute Gasteiger partial charge is 0.241 e. The molecule has 1 aliphatic rings. The van der Waals surface area contributed by atoms with Crippen molar-refractivity contribution in [1.82, 2.24) is 15.2 Å². The average molecular weight is 386 g/mol. The van der Waals surface area contributed by atoms with Crippen molar-refractivity contribution in [2.45, 2.75) is 12.6 Å². The van der Waals surface area contributed by atoms with Gasteiger partial charge in [-0.2, -0.15) is 0 Å². The number of nitrogens with one attached hydrogen (secondary N) is 1. The van der Waals surface area contributed by atoms with E-state index in [-0.39, 0.29) is 11.9 Å². The summed E-state index contributed by atoms with van der Waals surface area (Å²) in [4.78, 5) is 21.9. The number of piperazine rings is 1. The fourth-order valence-corrected chi connectivity index (χ4v) is 3.79. The van der Waals surface area contributed by atoms with Gasteiger partial charge in [0, 0.05) is 43.8 Å². The Morgan fingerprint density at radius 3 is 2.52 bits per heavy atom. The molecule has 1 N–H and O–H groups in total. The Balaban J connectivity index is 1.55. The van der Waals surface area contributed by atoms with Crippen molar-refractivity contribution in [3.05, 3.63) is 96.3 Å². The van der Waals surface area contributed by atoms with Crippen molar-refractivity contribution >= 4 is 11.6 Å². The fourth-order valence-electron chi connectivity index (χ4n) is 3.79. The van der Waals surface area contributed by atoms with Crippen molar-refractivity contribution in [2.24, 2.45) is 0 Å². The average Bonchev–Trinajstić information content (AvgIpc) is 2.79. The van der Waals surface area contributed by atoms with Crippen molar-refractivity contribution < 1.29 is 4.79 Å². The molecule has 0 bridgehead atoms. The van der Waals surface area contributed by atoms with Gasteiger partial charge in [-0.25, -0.2) is 0 Å². The molecule has 0 aliphatic carbocycles. The van der Waals surface area contributed by atoms with E-state index in [1.165, 1.54) is 0 Å². The monoisotopic (exact) mass is 386 g/mol. The summed E-state index contributed by atoms with van der Waals surface area (Å²) in [5.41, 5.74) is 3.19. The maximum absolute atomic E-state index is 13.4. The SMILES string of the molecule is O=C(CN1CCNCC1c1cccnc1)N(Cc1ccccc1)c1ccccc1. The number of aromatic nitrogens is 1. The highest BCUT2D eigenvalue weighted by molar-refractivity contribution is 5.94. The Bertz CT molecular complexity index is 902. The van der Waals surface area contributed by atoms with Gasteiger partial charge in [-0.3, -0.25) is 14.7 Å². The number of pyridine rings is 1. The van der Waals surface area contributed by atoms with Crippen LogP contribution in [-0.4, -0.2) is 42.0 Å². The summed E-state index contributed by atoms with van der Waals surface area (Å²) in [5.74, 6) is 0.107. The van der Waals surface area contributed by atoms with Crippen LogP contribution in [0, 0.1) is 0 Å².